The van der Waals surface area contributed by atoms with E-state index in [1.807, 2.05) is 32.2 Å². The maximum absolute atomic E-state index is 9.25. The number of para-hydroxylation sites is 1. The maximum Gasteiger partial charge on any atom is 0.499 e. The molecular formula is C60H61N3O+2. The van der Waals surface area contributed by atoms with Gasteiger partial charge < -0.3 is 4.74 Å². The monoisotopic (exact) mass is 846 g/mol. The van der Waals surface area contributed by atoms with E-state index in [9.17, 15) is 1.37 Å². The molecule has 0 fully saturated rings. The summed E-state index contributed by atoms with van der Waals surface area (Å²) in [6.07, 6.45) is 2.00. The number of benzene rings is 6. The number of aromatic nitrogens is 3. The summed E-state index contributed by atoms with van der Waals surface area (Å²) in [6.45, 7) is 26.3. The molecule has 3 aliphatic heterocycles. The minimum absolute atomic E-state index is 0.115. The Morgan fingerprint density at radius 2 is 1.39 bits per heavy atom. The Hall–Kier alpha value is -6.26. The fourth-order valence-corrected chi connectivity index (χ4v) is 10.8. The van der Waals surface area contributed by atoms with Crippen molar-refractivity contribution in [3.05, 3.63) is 166 Å². The van der Waals surface area contributed by atoms with Crippen LogP contribution in [0.25, 0.3) is 72.7 Å². The van der Waals surface area contributed by atoms with Crippen molar-refractivity contribution < 1.29 is 22.1 Å². The van der Waals surface area contributed by atoms with E-state index in [4.69, 9.17) is 11.6 Å². The second-order valence-electron chi connectivity index (χ2n) is 20.5. The molecule has 2 aromatic heterocycles. The number of rotatable bonds is 7. The van der Waals surface area contributed by atoms with E-state index in [0.717, 1.165) is 95.2 Å². The molecule has 4 heteroatoms. The summed E-state index contributed by atoms with van der Waals surface area (Å²) < 4.78 is 68.0. The first-order valence-corrected chi connectivity index (χ1v) is 23.0. The van der Waals surface area contributed by atoms with Gasteiger partial charge in [0.25, 0.3) is 0 Å². The molecule has 0 N–H and O–H groups in total. The molecule has 64 heavy (non-hydrogen) atoms. The van der Waals surface area contributed by atoms with Crippen LogP contribution in [0.2, 0.25) is 0 Å². The average Bonchev–Trinajstić information content (AvgIpc) is 3.80. The third-order valence-electron chi connectivity index (χ3n) is 14.1. The van der Waals surface area contributed by atoms with Gasteiger partial charge in [-0.15, -0.1) is 9.13 Å². The van der Waals surface area contributed by atoms with Crippen molar-refractivity contribution in [2.75, 3.05) is 0 Å². The van der Waals surface area contributed by atoms with Gasteiger partial charge in [0.05, 0.1) is 12.4 Å². The molecule has 0 saturated carbocycles. The first-order chi connectivity index (χ1) is 33.0. The number of imidazole rings is 1. The molecule has 0 bridgehead atoms. The summed E-state index contributed by atoms with van der Waals surface area (Å²) in [6, 6.07) is 31.4. The van der Waals surface area contributed by atoms with Gasteiger partial charge in [-0.3, -0.25) is 0 Å². The van der Waals surface area contributed by atoms with E-state index in [1.54, 1.807) is 0 Å². The van der Waals surface area contributed by atoms with Crippen LogP contribution in [0, 0.1) is 6.92 Å². The molecule has 320 valence electrons. The highest BCUT2D eigenvalue weighted by Gasteiger charge is 2.69. The summed E-state index contributed by atoms with van der Waals surface area (Å²) in [5, 5.41) is 0. The molecule has 0 aliphatic carbocycles. The van der Waals surface area contributed by atoms with Crippen LogP contribution in [0.5, 0.6) is 5.75 Å². The molecule has 0 radical (unpaired) electrons. The summed E-state index contributed by atoms with van der Waals surface area (Å²) in [5.74, 6) is 0.359. The minimum Gasteiger partial charge on any atom is -0.392 e. The van der Waals surface area contributed by atoms with Gasteiger partial charge in [-0.1, -0.05) is 143 Å². The summed E-state index contributed by atoms with van der Waals surface area (Å²) >= 11 is 0. The number of hydrogen-bond acceptors (Lipinski definition) is 1. The van der Waals surface area contributed by atoms with Crippen molar-refractivity contribution in [1.29, 1.82) is 0 Å². The first kappa shape index (κ1) is 34.2. The molecule has 1 atom stereocenters. The van der Waals surface area contributed by atoms with Gasteiger partial charge in [0, 0.05) is 24.6 Å². The second-order valence-corrected chi connectivity index (χ2v) is 20.5. The standard InChI is InChI=1S/C60H61N3O/c1-34(2)42-29-47(37(7)8)57-50(30-42)58-62(51-25-24-41(28-38(51)9)54-44(35(3)4)20-16-21-45(54)36(5)6)52-23-17-22-46-48-32-43(59(10,11)12)33-49-53-31-40(39-18-14-13-15-19-39)26-27-61(53)60(64-57,55(48)49)63(58)56(46)52/h13-37H,1-12H3/q+2/i13D,14D,15D,18D,19D,35D. The predicted molar refractivity (Wildman–Crippen MR) is 264 cm³/mol. The van der Waals surface area contributed by atoms with E-state index >= 15 is 0 Å². The van der Waals surface area contributed by atoms with Gasteiger partial charge in [-0.25, -0.2) is 0 Å². The zero-order chi connectivity index (χ0) is 50.0. The van der Waals surface area contributed by atoms with Crippen molar-refractivity contribution in [2.24, 2.45) is 0 Å². The molecule has 0 saturated heterocycles. The van der Waals surface area contributed by atoms with Crippen molar-refractivity contribution in [3.8, 4) is 67.5 Å². The van der Waals surface area contributed by atoms with Crippen LogP contribution in [-0.2, 0) is 11.3 Å². The smallest absolute Gasteiger partial charge is 0.392 e. The Labute approximate surface area is 388 Å². The van der Waals surface area contributed by atoms with E-state index in [0.29, 0.717) is 5.56 Å². The quantitative estimate of drug-likeness (QED) is 0.147. The molecule has 11 rings (SSSR count). The highest BCUT2D eigenvalue weighted by atomic mass is 16.5. The Kier molecular flexibility index (Phi) is 7.54. The fourth-order valence-electron chi connectivity index (χ4n) is 10.8. The van der Waals surface area contributed by atoms with E-state index in [2.05, 4.69) is 162 Å². The van der Waals surface area contributed by atoms with Gasteiger partial charge in [-0.2, -0.15) is 4.57 Å². The number of aryl methyl sites for hydroxylation is 1. The average molecular weight is 846 g/mol. The number of pyridine rings is 1. The molecule has 0 amide bonds. The topological polar surface area (TPSA) is 21.9 Å². The zero-order valence-corrected chi connectivity index (χ0v) is 39.2. The van der Waals surface area contributed by atoms with Gasteiger partial charge in [0.1, 0.15) is 16.8 Å². The van der Waals surface area contributed by atoms with E-state index in [1.165, 1.54) is 11.1 Å². The summed E-state index contributed by atoms with van der Waals surface area (Å²) in [5.41, 5.74) is 18.6. The number of nitrogens with zero attached hydrogens (tertiary/aromatic N) is 3. The zero-order valence-electron chi connectivity index (χ0n) is 45.2. The largest absolute Gasteiger partial charge is 0.499 e. The van der Waals surface area contributed by atoms with Crippen LogP contribution in [0.4, 0.5) is 0 Å². The highest BCUT2D eigenvalue weighted by Crippen LogP contribution is 2.56. The number of hydrogen-bond donors (Lipinski definition) is 0. The lowest BCUT2D eigenvalue weighted by molar-refractivity contribution is -0.997. The van der Waals surface area contributed by atoms with Gasteiger partial charge >= 0.3 is 11.7 Å². The van der Waals surface area contributed by atoms with Crippen molar-refractivity contribution in [2.45, 2.75) is 118 Å². The lowest BCUT2D eigenvalue weighted by Crippen LogP contribution is -2.78. The van der Waals surface area contributed by atoms with Gasteiger partial charge in [0.2, 0.25) is 5.69 Å². The van der Waals surface area contributed by atoms with Crippen molar-refractivity contribution >= 4 is 11.0 Å². The SMILES string of the molecule is [2H]c1c([2H])c([2H])c(-c2cc[n+]3c(c2)-c2cc(C(C)(C)C)cc4c2C32Oc3c(cc(C(C)C)cc3C(C)C)-c3n(-c5ccc(-c6c(C(C)C)cccc6C([2H])(C)C)cc5C)c5cccc-4c5[n+]32)c([2H])c1[2H]. The van der Waals surface area contributed by atoms with Crippen molar-refractivity contribution in [1.82, 2.24) is 4.57 Å². The van der Waals surface area contributed by atoms with Crippen LogP contribution in [0.3, 0.4) is 0 Å². The summed E-state index contributed by atoms with van der Waals surface area (Å²) in [7, 11) is 0. The van der Waals surface area contributed by atoms with Crippen LogP contribution in [0.1, 0.15) is 147 Å². The highest BCUT2D eigenvalue weighted by molar-refractivity contribution is 5.98. The number of fused-ring (bicyclic) bond motifs is 5. The Morgan fingerprint density at radius 1 is 0.672 bits per heavy atom. The Balaban J connectivity index is 1.29. The van der Waals surface area contributed by atoms with E-state index < -0.39 is 17.8 Å². The van der Waals surface area contributed by atoms with Gasteiger partial charge in [-0.05, 0) is 134 Å². The maximum atomic E-state index is 9.25. The third kappa shape index (κ3) is 5.60. The van der Waals surface area contributed by atoms with Crippen LogP contribution < -0.4 is 13.9 Å². The Bertz CT molecular complexity index is 3580. The van der Waals surface area contributed by atoms with Crippen LogP contribution in [-0.4, -0.2) is 4.57 Å². The van der Waals surface area contributed by atoms with Crippen molar-refractivity contribution in [3.63, 3.8) is 0 Å². The van der Waals surface area contributed by atoms with E-state index in [-0.39, 0.29) is 52.9 Å². The third-order valence-corrected chi connectivity index (χ3v) is 14.1. The Morgan fingerprint density at radius 3 is 2.08 bits per heavy atom. The molecule has 4 nitrogen and oxygen atoms in total. The normalized spacial score (nSPS) is 17.1. The fraction of sp³-hybridized carbons (Fsp3) is 0.300. The second kappa shape index (κ2) is 14.1. The molecule has 5 heterocycles. The molecule has 1 unspecified atom stereocenters. The lowest BCUT2D eigenvalue weighted by Gasteiger charge is -2.34. The minimum atomic E-state index is -1.27. The van der Waals surface area contributed by atoms with Crippen LogP contribution in [0.15, 0.2) is 127 Å². The van der Waals surface area contributed by atoms with Crippen LogP contribution >= 0.6 is 0 Å². The molecular weight excluding hydrogens is 779 g/mol. The number of ether oxygens (including phenoxy) is 1. The molecule has 3 aliphatic rings. The predicted octanol–water partition coefficient (Wildman–Crippen LogP) is 14.9. The lowest BCUT2D eigenvalue weighted by atomic mass is 9.80. The van der Waals surface area contributed by atoms with Gasteiger partial charge in [0.15, 0.2) is 23.0 Å². The summed E-state index contributed by atoms with van der Waals surface area (Å²) in [4.78, 5) is 0. The molecule has 8 aromatic rings. The molecule has 6 aromatic carbocycles. The first-order valence-electron chi connectivity index (χ1n) is 26.0. The molecule has 1 spiro atoms.